The Bertz CT molecular complexity index is 438. The highest BCUT2D eigenvalue weighted by atomic mass is 16.5. The van der Waals surface area contributed by atoms with Crippen LogP contribution in [-0.4, -0.2) is 48.4 Å². The van der Waals surface area contributed by atoms with E-state index in [-0.39, 0.29) is 29.6 Å². The summed E-state index contributed by atoms with van der Waals surface area (Å²) < 4.78 is 5.06. The standard InChI is InChI=1S/C17H28N2O4/c1-3-23-17(22)14-8-10-19(11-9-14)16(21)15(18-12(2)20)13-6-4-5-7-13/h13-15H,3-11H2,1-2H3,(H,18,20). The molecule has 1 unspecified atom stereocenters. The minimum absolute atomic E-state index is 0.00871. The van der Waals surface area contributed by atoms with Gasteiger partial charge in [0, 0.05) is 20.0 Å². The lowest BCUT2D eigenvalue weighted by Crippen LogP contribution is -2.53. The molecule has 0 radical (unpaired) electrons. The molecule has 1 saturated heterocycles. The SMILES string of the molecule is CCOC(=O)C1CCN(C(=O)C(NC(C)=O)C2CCCC2)CC1. The van der Waals surface area contributed by atoms with Gasteiger partial charge in [-0.25, -0.2) is 0 Å². The molecule has 1 atom stereocenters. The van der Waals surface area contributed by atoms with Crippen molar-refractivity contribution in [3.05, 3.63) is 0 Å². The molecule has 130 valence electrons. The summed E-state index contributed by atoms with van der Waals surface area (Å²) in [4.78, 5) is 37.9. The monoisotopic (exact) mass is 324 g/mol. The third-order valence-electron chi connectivity index (χ3n) is 4.92. The van der Waals surface area contributed by atoms with Gasteiger partial charge in [-0.1, -0.05) is 12.8 Å². The zero-order valence-electron chi connectivity index (χ0n) is 14.2. The Kier molecular flexibility index (Phi) is 6.42. The molecule has 1 aliphatic carbocycles. The number of piperidine rings is 1. The van der Waals surface area contributed by atoms with Crippen LogP contribution in [0.15, 0.2) is 0 Å². The largest absolute Gasteiger partial charge is 0.466 e. The van der Waals surface area contributed by atoms with Gasteiger partial charge in [0.2, 0.25) is 11.8 Å². The average Bonchev–Trinajstić information content (AvgIpc) is 3.06. The molecule has 0 aromatic heterocycles. The predicted octanol–water partition coefficient (Wildman–Crippen LogP) is 1.48. The van der Waals surface area contributed by atoms with Gasteiger partial charge in [0.1, 0.15) is 6.04 Å². The van der Waals surface area contributed by atoms with Gasteiger partial charge in [0.05, 0.1) is 12.5 Å². The number of rotatable bonds is 5. The van der Waals surface area contributed by atoms with E-state index in [4.69, 9.17) is 4.74 Å². The number of nitrogens with zero attached hydrogens (tertiary/aromatic N) is 1. The quantitative estimate of drug-likeness (QED) is 0.777. The first kappa shape index (κ1) is 17.8. The number of likely N-dealkylation sites (tertiary alicyclic amines) is 1. The first-order valence-electron chi connectivity index (χ1n) is 8.75. The van der Waals surface area contributed by atoms with Gasteiger partial charge in [0.15, 0.2) is 0 Å². The van der Waals surface area contributed by atoms with Crippen molar-refractivity contribution in [3.8, 4) is 0 Å². The Morgan fingerprint density at radius 3 is 2.26 bits per heavy atom. The number of hydrogen-bond donors (Lipinski definition) is 1. The lowest BCUT2D eigenvalue weighted by atomic mass is 9.93. The molecule has 1 N–H and O–H groups in total. The van der Waals surface area contributed by atoms with Crippen molar-refractivity contribution < 1.29 is 19.1 Å². The lowest BCUT2D eigenvalue weighted by molar-refractivity contribution is -0.151. The van der Waals surface area contributed by atoms with Crippen LogP contribution in [0.3, 0.4) is 0 Å². The van der Waals surface area contributed by atoms with Crippen molar-refractivity contribution >= 4 is 17.8 Å². The highest BCUT2D eigenvalue weighted by Crippen LogP contribution is 2.29. The van der Waals surface area contributed by atoms with E-state index in [1.54, 1.807) is 11.8 Å². The molecule has 1 aliphatic heterocycles. The van der Waals surface area contributed by atoms with E-state index in [9.17, 15) is 14.4 Å². The molecule has 2 fully saturated rings. The van der Waals surface area contributed by atoms with Crippen LogP contribution in [0, 0.1) is 11.8 Å². The Balaban J connectivity index is 1.93. The Morgan fingerprint density at radius 1 is 1.13 bits per heavy atom. The number of amides is 2. The summed E-state index contributed by atoms with van der Waals surface area (Å²) in [6, 6.07) is -0.408. The van der Waals surface area contributed by atoms with Crippen LogP contribution in [-0.2, 0) is 19.1 Å². The van der Waals surface area contributed by atoms with E-state index in [2.05, 4.69) is 5.32 Å². The third-order valence-corrected chi connectivity index (χ3v) is 4.92. The number of nitrogens with one attached hydrogen (secondary N) is 1. The molecular weight excluding hydrogens is 296 g/mol. The maximum Gasteiger partial charge on any atom is 0.309 e. The molecule has 0 aromatic rings. The number of ether oxygens (including phenoxy) is 1. The summed E-state index contributed by atoms with van der Waals surface area (Å²) in [5, 5.41) is 2.85. The molecule has 23 heavy (non-hydrogen) atoms. The predicted molar refractivity (Wildman–Crippen MR) is 85.5 cm³/mol. The highest BCUT2D eigenvalue weighted by molar-refractivity contribution is 5.87. The van der Waals surface area contributed by atoms with Crippen LogP contribution in [0.2, 0.25) is 0 Å². The number of carbonyl (C=O) groups excluding carboxylic acids is 3. The number of hydrogen-bond acceptors (Lipinski definition) is 4. The van der Waals surface area contributed by atoms with Crippen molar-refractivity contribution in [1.82, 2.24) is 10.2 Å². The molecule has 1 heterocycles. The van der Waals surface area contributed by atoms with Gasteiger partial charge in [0.25, 0.3) is 0 Å². The minimum atomic E-state index is -0.408. The van der Waals surface area contributed by atoms with Gasteiger partial charge in [-0.2, -0.15) is 0 Å². The van der Waals surface area contributed by atoms with E-state index >= 15 is 0 Å². The van der Waals surface area contributed by atoms with E-state index < -0.39 is 6.04 Å². The second-order valence-electron chi connectivity index (χ2n) is 6.57. The zero-order chi connectivity index (χ0) is 16.8. The molecule has 0 spiro atoms. The molecule has 2 amide bonds. The Labute approximate surface area is 137 Å². The van der Waals surface area contributed by atoms with Crippen LogP contribution in [0.1, 0.15) is 52.4 Å². The van der Waals surface area contributed by atoms with Gasteiger partial charge >= 0.3 is 5.97 Å². The van der Waals surface area contributed by atoms with E-state index in [1.807, 2.05) is 0 Å². The molecule has 0 aromatic carbocycles. The first-order chi connectivity index (χ1) is 11.0. The first-order valence-corrected chi connectivity index (χ1v) is 8.75. The van der Waals surface area contributed by atoms with Gasteiger partial charge in [-0.3, -0.25) is 14.4 Å². The maximum absolute atomic E-state index is 12.8. The minimum Gasteiger partial charge on any atom is -0.466 e. The van der Waals surface area contributed by atoms with Crippen molar-refractivity contribution in [2.45, 2.75) is 58.4 Å². The van der Waals surface area contributed by atoms with E-state index in [0.29, 0.717) is 32.5 Å². The van der Waals surface area contributed by atoms with Crippen LogP contribution in [0.4, 0.5) is 0 Å². The molecule has 1 saturated carbocycles. The summed E-state index contributed by atoms with van der Waals surface area (Å²) in [6.07, 6.45) is 5.52. The fraction of sp³-hybridized carbons (Fsp3) is 0.824. The number of esters is 1. The zero-order valence-corrected chi connectivity index (χ0v) is 14.2. The van der Waals surface area contributed by atoms with Crippen LogP contribution in [0.25, 0.3) is 0 Å². The summed E-state index contributed by atoms with van der Waals surface area (Å²) in [5.41, 5.74) is 0. The highest BCUT2D eigenvalue weighted by Gasteiger charge is 2.36. The van der Waals surface area contributed by atoms with E-state index in [0.717, 1.165) is 25.7 Å². The van der Waals surface area contributed by atoms with E-state index in [1.165, 1.54) is 6.92 Å². The molecule has 0 bridgehead atoms. The third kappa shape index (κ3) is 4.69. The maximum atomic E-state index is 12.8. The Morgan fingerprint density at radius 2 is 1.74 bits per heavy atom. The van der Waals surface area contributed by atoms with Crippen molar-refractivity contribution in [2.75, 3.05) is 19.7 Å². The second-order valence-corrected chi connectivity index (χ2v) is 6.57. The summed E-state index contributed by atoms with van der Waals surface area (Å²) in [5.74, 6) is -0.168. The van der Waals surface area contributed by atoms with Crippen molar-refractivity contribution in [1.29, 1.82) is 0 Å². The lowest BCUT2D eigenvalue weighted by Gasteiger charge is -2.35. The summed E-state index contributed by atoms with van der Waals surface area (Å²) in [6.45, 7) is 4.78. The normalized spacial score (nSPS) is 21.0. The molecule has 6 heteroatoms. The van der Waals surface area contributed by atoms with Crippen LogP contribution >= 0.6 is 0 Å². The fourth-order valence-electron chi connectivity index (χ4n) is 3.68. The summed E-state index contributed by atoms with van der Waals surface area (Å²) >= 11 is 0. The van der Waals surface area contributed by atoms with Crippen molar-refractivity contribution in [2.24, 2.45) is 11.8 Å². The van der Waals surface area contributed by atoms with Gasteiger partial charge in [-0.05, 0) is 38.5 Å². The van der Waals surface area contributed by atoms with Gasteiger partial charge in [-0.15, -0.1) is 0 Å². The number of carbonyl (C=O) groups is 3. The fourth-order valence-corrected chi connectivity index (χ4v) is 3.68. The molecular formula is C17H28N2O4. The Hall–Kier alpha value is -1.59. The van der Waals surface area contributed by atoms with Crippen LogP contribution < -0.4 is 5.32 Å². The molecule has 2 rings (SSSR count). The summed E-state index contributed by atoms with van der Waals surface area (Å²) in [7, 11) is 0. The topological polar surface area (TPSA) is 75.7 Å². The molecule has 2 aliphatic rings. The van der Waals surface area contributed by atoms with Crippen LogP contribution in [0.5, 0.6) is 0 Å². The van der Waals surface area contributed by atoms with Gasteiger partial charge < -0.3 is 15.0 Å². The average molecular weight is 324 g/mol. The molecule has 6 nitrogen and oxygen atoms in total. The second kappa shape index (κ2) is 8.31. The smallest absolute Gasteiger partial charge is 0.309 e. The van der Waals surface area contributed by atoms with Crippen molar-refractivity contribution in [3.63, 3.8) is 0 Å².